The van der Waals surface area contributed by atoms with E-state index in [0.717, 1.165) is 55.6 Å². The molecule has 39 heavy (non-hydrogen) atoms. The van der Waals surface area contributed by atoms with Crippen LogP contribution >= 0.6 is 0 Å². The third-order valence-electron chi connectivity index (χ3n) is 8.17. The molecule has 2 heterocycles. The molecular weight excluding hydrogens is 494 g/mol. The lowest BCUT2D eigenvalue weighted by Crippen LogP contribution is -2.47. The van der Waals surface area contributed by atoms with E-state index in [0.29, 0.717) is 42.6 Å². The Bertz CT molecular complexity index is 1260. The van der Waals surface area contributed by atoms with E-state index in [4.69, 9.17) is 9.26 Å². The summed E-state index contributed by atoms with van der Waals surface area (Å²) in [5, 5.41) is 24.5. The Morgan fingerprint density at radius 1 is 1.10 bits per heavy atom. The van der Waals surface area contributed by atoms with Gasteiger partial charge in [0.1, 0.15) is 5.75 Å². The smallest absolute Gasteiger partial charge is 0.312 e. The molecular formula is C31H39N3O5. The number of carboxylic acid groups (broad SMARTS) is 1. The maximum atomic E-state index is 12.1. The van der Waals surface area contributed by atoms with Gasteiger partial charge in [0.25, 0.3) is 5.89 Å². The van der Waals surface area contributed by atoms with Crippen molar-refractivity contribution in [3.05, 3.63) is 53.6 Å². The van der Waals surface area contributed by atoms with Crippen molar-refractivity contribution in [1.82, 2.24) is 15.0 Å². The second kappa shape index (κ2) is 11.9. The summed E-state index contributed by atoms with van der Waals surface area (Å²) >= 11 is 0. The number of nitrogens with zero attached hydrogens (tertiary/aromatic N) is 3. The SMILES string of the molecule is CC(C)Cc1ccc(-c2nc(-c3ccc(CN4CCC(COC5CCCC5)(C(=O)O)CC4)cc3)no2)cc1O. The number of ether oxygens (including phenoxy) is 1. The molecule has 2 aromatic carbocycles. The van der Waals surface area contributed by atoms with Gasteiger partial charge in [0, 0.05) is 17.7 Å². The lowest BCUT2D eigenvalue weighted by molar-refractivity contribution is -0.159. The fourth-order valence-electron chi connectivity index (χ4n) is 5.68. The maximum absolute atomic E-state index is 12.1. The number of aliphatic carboxylic acids is 1. The minimum atomic E-state index is -0.773. The van der Waals surface area contributed by atoms with Crippen molar-refractivity contribution in [1.29, 1.82) is 0 Å². The molecule has 1 saturated carbocycles. The number of benzene rings is 2. The van der Waals surface area contributed by atoms with Gasteiger partial charge in [-0.05, 0) is 74.4 Å². The lowest BCUT2D eigenvalue weighted by Gasteiger charge is -2.39. The quantitative estimate of drug-likeness (QED) is 0.330. The molecule has 2 N–H and O–H groups in total. The zero-order valence-corrected chi connectivity index (χ0v) is 22.9. The minimum Gasteiger partial charge on any atom is -0.508 e. The first-order chi connectivity index (χ1) is 18.8. The number of aromatic nitrogens is 2. The fourth-order valence-corrected chi connectivity index (χ4v) is 5.68. The molecule has 2 fully saturated rings. The predicted octanol–water partition coefficient (Wildman–Crippen LogP) is 5.93. The summed E-state index contributed by atoms with van der Waals surface area (Å²) in [7, 11) is 0. The first-order valence-corrected chi connectivity index (χ1v) is 14.1. The van der Waals surface area contributed by atoms with Gasteiger partial charge in [0.05, 0.1) is 18.1 Å². The molecule has 8 heteroatoms. The van der Waals surface area contributed by atoms with Crippen molar-refractivity contribution in [3.63, 3.8) is 0 Å². The summed E-state index contributed by atoms with van der Waals surface area (Å²) in [5.41, 5.74) is 2.82. The van der Waals surface area contributed by atoms with E-state index in [-0.39, 0.29) is 11.9 Å². The summed E-state index contributed by atoms with van der Waals surface area (Å²) in [6.07, 6.45) is 6.72. The van der Waals surface area contributed by atoms with Crippen LogP contribution in [0.1, 0.15) is 63.5 Å². The number of hydrogen-bond acceptors (Lipinski definition) is 7. The Balaban J connectivity index is 1.17. The molecule has 1 aromatic heterocycles. The van der Waals surface area contributed by atoms with Crippen molar-refractivity contribution in [2.75, 3.05) is 19.7 Å². The molecule has 1 saturated heterocycles. The maximum Gasteiger partial charge on any atom is 0.312 e. The van der Waals surface area contributed by atoms with Gasteiger partial charge in [-0.1, -0.05) is 62.2 Å². The van der Waals surface area contributed by atoms with Crippen LogP contribution in [0.3, 0.4) is 0 Å². The predicted molar refractivity (Wildman–Crippen MR) is 148 cm³/mol. The molecule has 8 nitrogen and oxygen atoms in total. The van der Waals surface area contributed by atoms with Gasteiger partial charge in [0.2, 0.25) is 5.82 Å². The molecule has 0 spiro atoms. The topological polar surface area (TPSA) is 109 Å². The number of likely N-dealkylation sites (tertiary alicyclic amines) is 1. The first kappa shape index (κ1) is 27.3. The number of piperidine rings is 1. The fraction of sp³-hybridized carbons (Fsp3) is 0.516. The van der Waals surface area contributed by atoms with Crippen LogP contribution in [0.2, 0.25) is 0 Å². The van der Waals surface area contributed by atoms with E-state index in [1.54, 1.807) is 6.07 Å². The van der Waals surface area contributed by atoms with Gasteiger partial charge in [-0.2, -0.15) is 4.98 Å². The average Bonchev–Trinajstić information content (AvgIpc) is 3.63. The highest BCUT2D eigenvalue weighted by molar-refractivity contribution is 5.75. The van der Waals surface area contributed by atoms with Crippen LogP contribution < -0.4 is 0 Å². The van der Waals surface area contributed by atoms with Crippen LogP contribution in [-0.4, -0.2) is 57.0 Å². The molecule has 5 rings (SSSR count). The summed E-state index contributed by atoms with van der Waals surface area (Å²) in [6.45, 7) is 6.79. The number of carboxylic acids is 1. The first-order valence-electron chi connectivity index (χ1n) is 14.1. The largest absolute Gasteiger partial charge is 0.508 e. The van der Waals surface area contributed by atoms with Crippen LogP contribution in [0.25, 0.3) is 22.8 Å². The number of aromatic hydroxyl groups is 1. The molecule has 1 aliphatic heterocycles. The normalized spacial score (nSPS) is 18.1. The average molecular weight is 534 g/mol. The Labute approximate surface area is 230 Å². The van der Waals surface area contributed by atoms with E-state index >= 15 is 0 Å². The molecule has 208 valence electrons. The van der Waals surface area contributed by atoms with Gasteiger partial charge in [0.15, 0.2) is 0 Å². The van der Waals surface area contributed by atoms with Gasteiger partial charge in [-0.25, -0.2) is 0 Å². The van der Waals surface area contributed by atoms with Crippen LogP contribution in [0.4, 0.5) is 0 Å². The minimum absolute atomic E-state index is 0.232. The molecule has 0 radical (unpaired) electrons. The van der Waals surface area contributed by atoms with Crippen molar-refractivity contribution in [3.8, 4) is 28.6 Å². The number of phenols is 1. The zero-order chi connectivity index (χ0) is 27.4. The second-order valence-electron chi connectivity index (χ2n) is 11.6. The van der Waals surface area contributed by atoms with Crippen LogP contribution in [0.5, 0.6) is 5.75 Å². The van der Waals surface area contributed by atoms with Crippen molar-refractivity contribution >= 4 is 5.97 Å². The standard InChI is InChI=1S/C31H39N3O5/c1-21(2)17-24-11-12-25(18-27(24)35)29-32-28(33-39-29)23-9-7-22(8-10-23)19-34-15-13-31(14-16-34,30(36)37)20-38-26-5-3-4-6-26/h7-12,18,21,26,35H,3-6,13-17,19-20H2,1-2H3,(H,36,37). The molecule has 1 aliphatic carbocycles. The Hall–Kier alpha value is -3.23. The van der Waals surface area contributed by atoms with E-state index in [9.17, 15) is 15.0 Å². The van der Waals surface area contributed by atoms with E-state index in [2.05, 4.69) is 41.0 Å². The van der Waals surface area contributed by atoms with Gasteiger partial charge >= 0.3 is 5.97 Å². The second-order valence-corrected chi connectivity index (χ2v) is 11.6. The van der Waals surface area contributed by atoms with Gasteiger partial charge in [-0.3, -0.25) is 9.69 Å². The van der Waals surface area contributed by atoms with Crippen molar-refractivity contribution < 1.29 is 24.3 Å². The summed E-state index contributed by atoms with van der Waals surface area (Å²) in [6, 6.07) is 13.6. The molecule has 0 unspecified atom stereocenters. The van der Waals surface area contributed by atoms with Crippen molar-refractivity contribution in [2.45, 2.75) is 71.4 Å². The molecule has 0 bridgehead atoms. The molecule has 3 aromatic rings. The third kappa shape index (κ3) is 6.50. The van der Waals surface area contributed by atoms with Gasteiger partial charge < -0.3 is 19.5 Å². The van der Waals surface area contributed by atoms with Crippen molar-refractivity contribution in [2.24, 2.45) is 11.3 Å². The highest BCUT2D eigenvalue weighted by atomic mass is 16.5. The Morgan fingerprint density at radius 2 is 1.79 bits per heavy atom. The molecule has 0 amide bonds. The molecule has 2 aliphatic rings. The molecule has 0 atom stereocenters. The number of hydrogen-bond donors (Lipinski definition) is 2. The zero-order valence-electron chi connectivity index (χ0n) is 22.9. The van der Waals surface area contributed by atoms with Crippen LogP contribution in [-0.2, 0) is 22.5 Å². The van der Waals surface area contributed by atoms with Crippen LogP contribution in [0, 0.1) is 11.3 Å². The van der Waals surface area contributed by atoms with Crippen LogP contribution in [0.15, 0.2) is 47.0 Å². The third-order valence-corrected chi connectivity index (χ3v) is 8.17. The number of phenolic OH excluding ortho intramolecular Hbond substituents is 1. The monoisotopic (exact) mass is 533 g/mol. The van der Waals surface area contributed by atoms with E-state index in [1.165, 1.54) is 12.8 Å². The highest BCUT2D eigenvalue weighted by Gasteiger charge is 2.42. The summed E-state index contributed by atoms with van der Waals surface area (Å²) in [5.74, 6) is 0.825. The van der Waals surface area contributed by atoms with E-state index in [1.807, 2.05) is 24.3 Å². The Morgan fingerprint density at radius 3 is 2.44 bits per heavy atom. The number of carbonyl (C=O) groups is 1. The number of rotatable bonds is 10. The summed E-state index contributed by atoms with van der Waals surface area (Å²) < 4.78 is 11.5. The Kier molecular flexibility index (Phi) is 8.33. The highest BCUT2D eigenvalue weighted by Crippen LogP contribution is 2.35. The van der Waals surface area contributed by atoms with Gasteiger partial charge in [-0.15, -0.1) is 0 Å². The summed E-state index contributed by atoms with van der Waals surface area (Å²) in [4.78, 5) is 19.0. The van der Waals surface area contributed by atoms with E-state index < -0.39 is 11.4 Å². The lowest BCUT2D eigenvalue weighted by atomic mass is 9.79.